The summed E-state index contributed by atoms with van der Waals surface area (Å²) < 4.78 is 26.1. The Hall–Kier alpha value is -1.44. The van der Waals surface area contributed by atoms with Crippen LogP contribution in [0.4, 0.5) is 5.69 Å². The minimum Gasteiger partial charge on any atom is -0.384 e. The summed E-state index contributed by atoms with van der Waals surface area (Å²) >= 11 is 1.62. The Morgan fingerprint density at radius 3 is 2.70 bits per heavy atom. The molecule has 1 aromatic heterocycles. The van der Waals surface area contributed by atoms with Gasteiger partial charge in [0.1, 0.15) is 4.90 Å². The first kappa shape index (κ1) is 15.0. The second-order valence-corrected chi connectivity index (χ2v) is 7.06. The van der Waals surface area contributed by atoms with Gasteiger partial charge in [0.2, 0.25) is 10.0 Å². The maximum atomic E-state index is 11.9. The first-order chi connectivity index (χ1) is 9.53. The van der Waals surface area contributed by atoms with Crippen LogP contribution in [-0.2, 0) is 16.4 Å². The Balaban J connectivity index is 2.06. The minimum atomic E-state index is -3.45. The maximum absolute atomic E-state index is 11.9. The third-order valence-corrected chi connectivity index (χ3v) is 5.27. The van der Waals surface area contributed by atoms with Crippen molar-refractivity contribution in [3.63, 3.8) is 0 Å². The number of hydrogen-bond acceptors (Lipinski definition) is 5. The Morgan fingerprint density at radius 2 is 2.05 bits per heavy atom. The zero-order valence-electron chi connectivity index (χ0n) is 11.4. The molecular weight excluding hydrogens is 294 g/mol. The van der Waals surface area contributed by atoms with E-state index >= 15 is 0 Å². The normalized spacial score (nSPS) is 11.5. The highest BCUT2D eigenvalue weighted by Crippen LogP contribution is 2.20. The van der Waals surface area contributed by atoms with Crippen molar-refractivity contribution in [2.45, 2.75) is 18.2 Å². The molecule has 0 fully saturated rings. The van der Waals surface area contributed by atoms with E-state index in [-0.39, 0.29) is 4.90 Å². The molecule has 1 aromatic carbocycles. The molecule has 0 amide bonds. The van der Waals surface area contributed by atoms with Crippen molar-refractivity contribution in [2.75, 3.05) is 18.9 Å². The molecule has 2 rings (SSSR count). The number of nitrogens with zero attached hydrogens (tertiary/aromatic N) is 1. The molecule has 7 heteroatoms. The summed E-state index contributed by atoms with van der Waals surface area (Å²) in [5.74, 6) is 0. The zero-order chi connectivity index (χ0) is 14.6. The molecule has 5 nitrogen and oxygen atoms in total. The average molecular weight is 311 g/mol. The lowest BCUT2D eigenvalue weighted by Gasteiger charge is -2.11. The molecule has 0 saturated carbocycles. The number of anilines is 1. The lowest BCUT2D eigenvalue weighted by atomic mass is 10.3. The molecule has 0 spiro atoms. The number of benzene rings is 1. The fraction of sp³-hybridized carbons (Fsp3) is 0.308. The van der Waals surface area contributed by atoms with Crippen LogP contribution in [0.25, 0.3) is 0 Å². The second-order valence-electron chi connectivity index (χ2n) is 4.26. The highest BCUT2D eigenvalue weighted by atomic mass is 32.2. The van der Waals surface area contributed by atoms with Gasteiger partial charge in [-0.25, -0.2) is 18.1 Å². The summed E-state index contributed by atoms with van der Waals surface area (Å²) in [5.41, 5.74) is 1.62. The van der Waals surface area contributed by atoms with Crippen molar-refractivity contribution in [3.8, 4) is 0 Å². The fourth-order valence-electron chi connectivity index (χ4n) is 1.78. The van der Waals surface area contributed by atoms with E-state index in [0.717, 1.165) is 17.1 Å². The van der Waals surface area contributed by atoms with E-state index in [9.17, 15) is 8.42 Å². The lowest BCUT2D eigenvalue weighted by molar-refractivity contribution is 0.588. The van der Waals surface area contributed by atoms with E-state index in [2.05, 4.69) is 15.0 Å². The Morgan fingerprint density at radius 1 is 1.30 bits per heavy atom. The molecule has 0 aliphatic heterocycles. The molecular formula is C13H17N3O2S2. The number of sulfonamides is 1. The SMILES string of the molecule is CNS(=O)(=O)c1ccccc1NCCc1nc(C)cs1. The van der Waals surface area contributed by atoms with E-state index in [1.807, 2.05) is 18.4 Å². The maximum Gasteiger partial charge on any atom is 0.242 e. The van der Waals surface area contributed by atoms with Crippen molar-refractivity contribution in [1.82, 2.24) is 9.71 Å². The molecule has 0 atom stereocenters. The summed E-state index contributed by atoms with van der Waals surface area (Å²) in [7, 11) is -2.04. The van der Waals surface area contributed by atoms with Gasteiger partial charge in [0.05, 0.1) is 10.7 Å². The summed E-state index contributed by atoms with van der Waals surface area (Å²) in [6.07, 6.45) is 0.770. The molecule has 20 heavy (non-hydrogen) atoms. The van der Waals surface area contributed by atoms with Gasteiger partial charge in [-0.2, -0.15) is 0 Å². The molecule has 108 valence electrons. The van der Waals surface area contributed by atoms with E-state index in [1.54, 1.807) is 29.5 Å². The minimum absolute atomic E-state index is 0.262. The zero-order valence-corrected chi connectivity index (χ0v) is 13.0. The summed E-state index contributed by atoms with van der Waals surface area (Å²) in [6.45, 7) is 2.60. The first-order valence-corrected chi connectivity index (χ1v) is 8.56. The molecule has 2 aromatic rings. The third kappa shape index (κ3) is 3.56. The molecule has 0 aliphatic rings. The predicted octanol–water partition coefficient (Wildman–Crippen LogP) is 2.01. The number of aryl methyl sites for hydroxylation is 1. The molecule has 0 unspecified atom stereocenters. The van der Waals surface area contributed by atoms with Gasteiger partial charge in [-0.05, 0) is 26.1 Å². The van der Waals surface area contributed by atoms with Crippen molar-refractivity contribution in [1.29, 1.82) is 0 Å². The van der Waals surface area contributed by atoms with E-state index in [0.29, 0.717) is 12.2 Å². The third-order valence-electron chi connectivity index (χ3n) is 2.77. The van der Waals surface area contributed by atoms with Crippen LogP contribution in [0.1, 0.15) is 10.7 Å². The van der Waals surface area contributed by atoms with Gasteiger partial charge < -0.3 is 5.32 Å². The number of rotatable bonds is 6. The van der Waals surface area contributed by atoms with Gasteiger partial charge in [0, 0.05) is 24.0 Å². The molecule has 0 aliphatic carbocycles. The number of aromatic nitrogens is 1. The van der Waals surface area contributed by atoms with E-state index < -0.39 is 10.0 Å². The molecule has 2 N–H and O–H groups in total. The van der Waals surface area contributed by atoms with Gasteiger partial charge in [-0.1, -0.05) is 12.1 Å². The largest absolute Gasteiger partial charge is 0.384 e. The van der Waals surface area contributed by atoms with Crippen LogP contribution < -0.4 is 10.0 Å². The van der Waals surface area contributed by atoms with Gasteiger partial charge in [-0.3, -0.25) is 0 Å². The standard InChI is InChI=1S/C13H17N3O2S2/c1-10-9-19-13(16-10)7-8-15-11-5-3-4-6-12(11)20(17,18)14-2/h3-6,9,14-15H,7-8H2,1-2H3. The van der Waals surface area contributed by atoms with E-state index in [4.69, 9.17) is 0 Å². The predicted molar refractivity (Wildman–Crippen MR) is 81.7 cm³/mol. The number of para-hydroxylation sites is 1. The van der Waals surface area contributed by atoms with Crippen LogP contribution in [0.15, 0.2) is 34.5 Å². The molecule has 0 radical (unpaired) electrons. The monoisotopic (exact) mass is 311 g/mol. The van der Waals surface area contributed by atoms with Crippen LogP contribution in [0.3, 0.4) is 0 Å². The summed E-state index contributed by atoms with van der Waals surface area (Å²) in [5, 5.41) is 6.21. The van der Waals surface area contributed by atoms with Crippen LogP contribution in [-0.4, -0.2) is 27.0 Å². The fourth-order valence-corrected chi connectivity index (χ4v) is 3.46. The molecule has 1 heterocycles. The van der Waals surface area contributed by atoms with Crippen molar-refractivity contribution < 1.29 is 8.42 Å². The number of nitrogens with one attached hydrogen (secondary N) is 2. The summed E-state index contributed by atoms with van der Waals surface area (Å²) in [4.78, 5) is 4.64. The topological polar surface area (TPSA) is 71.1 Å². The lowest BCUT2D eigenvalue weighted by Crippen LogP contribution is -2.20. The van der Waals surface area contributed by atoms with Crippen LogP contribution in [0.5, 0.6) is 0 Å². The summed E-state index contributed by atoms with van der Waals surface area (Å²) in [6, 6.07) is 6.86. The van der Waals surface area contributed by atoms with Crippen LogP contribution in [0.2, 0.25) is 0 Å². The Bertz CT molecular complexity index is 680. The van der Waals surface area contributed by atoms with Crippen molar-refractivity contribution >= 4 is 27.0 Å². The van der Waals surface area contributed by atoms with Crippen molar-refractivity contribution in [3.05, 3.63) is 40.3 Å². The molecule has 0 bridgehead atoms. The first-order valence-electron chi connectivity index (χ1n) is 6.20. The van der Waals surface area contributed by atoms with E-state index in [1.165, 1.54) is 7.05 Å². The van der Waals surface area contributed by atoms with Gasteiger partial charge >= 0.3 is 0 Å². The molecule has 0 saturated heterocycles. The quantitative estimate of drug-likeness (QED) is 0.856. The average Bonchev–Trinajstić information content (AvgIpc) is 2.85. The Labute approximate surface area is 123 Å². The van der Waals surface area contributed by atoms with Crippen LogP contribution >= 0.6 is 11.3 Å². The number of hydrogen-bond donors (Lipinski definition) is 2. The Kier molecular flexibility index (Phi) is 4.74. The highest BCUT2D eigenvalue weighted by molar-refractivity contribution is 7.89. The van der Waals surface area contributed by atoms with Crippen LogP contribution in [0, 0.1) is 6.92 Å². The van der Waals surface area contributed by atoms with Gasteiger partial charge in [-0.15, -0.1) is 11.3 Å². The second kappa shape index (κ2) is 6.34. The number of thiazole rings is 1. The smallest absolute Gasteiger partial charge is 0.242 e. The van der Waals surface area contributed by atoms with Gasteiger partial charge in [0.25, 0.3) is 0 Å². The van der Waals surface area contributed by atoms with Crippen molar-refractivity contribution in [2.24, 2.45) is 0 Å². The highest BCUT2D eigenvalue weighted by Gasteiger charge is 2.15. The van der Waals surface area contributed by atoms with Gasteiger partial charge in [0.15, 0.2) is 0 Å².